The van der Waals surface area contributed by atoms with Crippen LogP contribution < -0.4 is 0 Å². The highest BCUT2D eigenvalue weighted by molar-refractivity contribution is 5.95. The summed E-state index contributed by atoms with van der Waals surface area (Å²) < 4.78 is 6.57. The molecule has 1 saturated carbocycles. The molecule has 0 bridgehead atoms. The zero-order chi connectivity index (χ0) is 15.7. The van der Waals surface area contributed by atoms with E-state index in [0.29, 0.717) is 12.0 Å². The zero-order valence-electron chi connectivity index (χ0n) is 13.6. The lowest BCUT2D eigenvalue weighted by atomic mass is 9.71. The Labute approximate surface area is 138 Å². The van der Waals surface area contributed by atoms with Crippen molar-refractivity contribution >= 4 is 5.90 Å². The highest BCUT2D eigenvalue weighted by atomic mass is 16.5. The predicted molar refractivity (Wildman–Crippen MR) is 93.6 cm³/mol. The van der Waals surface area contributed by atoms with Crippen LogP contribution in [-0.2, 0) is 10.3 Å². The summed E-state index contributed by atoms with van der Waals surface area (Å²) in [7, 11) is 0. The maximum absolute atomic E-state index is 6.57. The standard InChI is InChI=1S/C21H23NO/c1-21(17-12-6-3-7-13-17)18-14-8-9-15-19(18)22-20(23-21)16-10-4-2-5-11-16/h2-7,10-13,18-19H,8-9,14-15H2,1H3. The topological polar surface area (TPSA) is 21.6 Å². The Morgan fingerprint density at radius 1 is 0.913 bits per heavy atom. The second-order valence-corrected chi connectivity index (χ2v) is 6.83. The Kier molecular flexibility index (Phi) is 3.68. The normalized spacial score (nSPS) is 30.0. The molecule has 0 amide bonds. The van der Waals surface area contributed by atoms with Gasteiger partial charge in [-0.1, -0.05) is 61.4 Å². The van der Waals surface area contributed by atoms with Crippen LogP contribution in [0.2, 0.25) is 0 Å². The van der Waals surface area contributed by atoms with Gasteiger partial charge in [0, 0.05) is 11.5 Å². The van der Waals surface area contributed by atoms with E-state index in [1.165, 1.54) is 31.2 Å². The summed E-state index contributed by atoms with van der Waals surface area (Å²) in [5, 5.41) is 0. The fourth-order valence-corrected chi connectivity index (χ4v) is 4.12. The van der Waals surface area contributed by atoms with Gasteiger partial charge in [0.05, 0.1) is 6.04 Å². The van der Waals surface area contributed by atoms with E-state index in [0.717, 1.165) is 11.5 Å². The predicted octanol–water partition coefficient (Wildman–Crippen LogP) is 4.94. The third-order valence-corrected chi connectivity index (χ3v) is 5.40. The Morgan fingerprint density at radius 2 is 1.57 bits per heavy atom. The van der Waals surface area contributed by atoms with Crippen molar-refractivity contribution in [1.82, 2.24) is 0 Å². The lowest BCUT2D eigenvalue weighted by molar-refractivity contribution is -0.0322. The average molecular weight is 305 g/mol. The summed E-state index contributed by atoms with van der Waals surface area (Å²) in [6.45, 7) is 2.25. The molecule has 0 aromatic heterocycles. The first kappa shape index (κ1) is 14.5. The van der Waals surface area contributed by atoms with Crippen molar-refractivity contribution in [2.45, 2.75) is 44.2 Å². The van der Waals surface area contributed by atoms with Crippen molar-refractivity contribution in [3.63, 3.8) is 0 Å². The third kappa shape index (κ3) is 2.56. The van der Waals surface area contributed by atoms with E-state index in [9.17, 15) is 0 Å². The molecule has 23 heavy (non-hydrogen) atoms. The van der Waals surface area contributed by atoms with E-state index >= 15 is 0 Å². The number of hydrogen-bond donors (Lipinski definition) is 0. The third-order valence-electron chi connectivity index (χ3n) is 5.40. The van der Waals surface area contributed by atoms with E-state index < -0.39 is 0 Å². The Hall–Kier alpha value is -2.09. The van der Waals surface area contributed by atoms with Gasteiger partial charge in [-0.3, -0.25) is 0 Å². The van der Waals surface area contributed by atoms with Gasteiger partial charge in [-0.2, -0.15) is 0 Å². The van der Waals surface area contributed by atoms with Crippen LogP contribution >= 0.6 is 0 Å². The number of hydrogen-bond acceptors (Lipinski definition) is 2. The first-order valence-electron chi connectivity index (χ1n) is 8.65. The van der Waals surface area contributed by atoms with E-state index in [1.54, 1.807) is 0 Å². The van der Waals surface area contributed by atoms with Gasteiger partial charge in [0.2, 0.25) is 5.90 Å². The van der Waals surface area contributed by atoms with Crippen LogP contribution in [0.4, 0.5) is 0 Å². The zero-order valence-corrected chi connectivity index (χ0v) is 13.6. The van der Waals surface area contributed by atoms with E-state index in [1.807, 2.05) is 18.2 Å². The summed E-state index contributed by atoms with van der Waals surface area (Å²) in [6.07, 6.45) is 4.93. The van der Waals surface area contributed by atoms with Gasteiger partial charge >= 0.3 is 0 Å². The van der Waals surface area contributed by atoms with Crippen molar-refractivity contribution in [1.29, 1.82) is 0 Å². The first-order chi connectivity index (χ1) is 11.3. The smallest absolute Gasteiger partial charge is 0.217 e. The van der Waals surface area contributed by atoms with Crippen LogP contribution in [-0.4, -0.2) is 11.9 Å². The number of fused-ring (bicyclic) bond motifs is 1. The van der Waals surface area contributed by atoms with Crippen LogP contribution in [0.5, 0.6) is 0 Å². The van der Waals surface area contributed by atoms with Crippen LogP contribution in [0.3, 0.4) is 0 Å². The monoisotopic (exact) mass is 305 g/mol. The fraction of sp³-hybridized carbons (Fsp3) is 0.381. The second-order valence-electron chi connectivity index (χ2n) is 6.83. The molecular weight excluding hydrogens is 282 g/mol. The molecule has 1 fully saturated rings. The fourth-order valence-electron chi connectivity index (χ4n) is 4.12. The SMILES string of the molecule is CC1(c2ccccc2)OC(c2ccccc2)=NC2CCCCC21. The van der Waals surface area contributed by atoms with Crippen molar-refractivity contribution in [3.05, 3.63) is 71.8 Å². The largest absolute Gasteiger partial charge is 0.466 e. The van der Waals surface area contributed by atoms with Gasteiger partial charge in [-0.05, 0) is 37.5 Å². The quantitative estimate of drug-likeness (QED) is 0.770. The molecule has 1 heterocycles. The van der Waals surface area contributed by atoms with Gasteiger partial charge in [-0.15, -0.1) is 0 Å². The molecule has 3 atom stereocenters. The van der Waals surface area contributed by atoms with Crippen molar-refractivity contribution in [2.75, 3.05) is 0 Å². The van der Waals surface area contributed by atoms with E-state index in [2.05, 4.69) is 49.4 Å². The van der Waals surface area contributed by atoms with Crippen LogP contribution in [0.15, 0.2) is 65.7 Å². The molecule has 118 valence electrons. The van der Waals surface area contributed by atoms with Gasteiger partial charge in [0.1, 0.15) is 5.60 Å². The molecule has 2 aliphatic rings. The molecule has 0 spiro atoms. The number of rotatable bonds is 2. The first-order valence-corrected chi connectivity index (χ1v) is 8.65. The minimum absolute atomic E-state index is 0.292. The average Bonchev–Trinajstić information content (AvgIpc) is 2.63. The highest BCUT2D eigenvalue weighted by Crippen LogP contribution is 2.46. The molecule has 1 aliphatic carbocycles. The van der Waals surface area contributed by atoms with Crippen molar-refractivity contribution in [2.24, 2.45) is 10.9 Å². The summed E-state index contributed by atoms with van der Waals surface area (Å²) in [5.74, 6) is 1.27. The number of benzene rings is 2. The van der Waals surface area contributed by atoms with Crippen LogP contribution in [0, 0.1) is 5.92 Å². The van der Waals surface area contributed by atoms with Crippen molar-refractivity contribution in [3.8, 4) is 0 Å². The van der Waals surface area contributed by atoms with Gasteiger partial charge in [0.25, 0.3) is 0 Å². The Bertz CT molecular complexity index is 694. The molecular formula is C21H23NO. The van der Waals surface area contributed by atoms with Crippen molar-refractivity contribution < 1.29 is 4.74 Å². The summed E-state index contributed by atoms with van der Waals surface area (Å²) in [4.78, 5) is 4.99. The van der Waals surface area contributed by atoms with E-state index in [4.69, 9.17) is 9.73 Å². The minimum atomic E-state index is -0.292. The molecule has 2 heteroatoms. The molecule has 4 rings (SSSR count). The molecule has 2 aromatic rings. The summed E-state index contributed by atoms with van der Waals surface area (Å²) in [6, 6.07) is 21.4. The number of ether oxygens (including phenoxy) is 1. The lowest BCUT2D eigenvalue weighted by Crippen LogP contribution is -2.48. The molecule has 0 saturated heterocycles. The molecule has 2 nitrogen and oxygen atoms in total. The summed E-state index contributed by atoms with van der Waals surface area (Å²) in [5.41, 5.74) is 2.05. The molecule has 0 radical (unpaired) electrons. The maximum Gasteiger partial charge on any atom is 0.217 e. The Morgan fingerprint density at radius 3 is 2.30 bits per heavy atom. The van der Waals surface area contributed by atoms with Crippen LogP contribution in [0.25, 0.3) is 0 Å². The van der Waals surface area contributed by atoms with Crippen LogP contribution in [0.1, 0.15) is 43.7 Å². The second kappa shape index (κ2) is 5.84. The highest BCUT2D eigenvalue weighted by Gasteiger charge is 2.47. The molecule has 2 aromatic carbocycles. The van der Waals surface area contributed by atoms with E-state index in [-0.39, 0.29) is 5.60 Å². The summed E-state index contributed by atoms with van der Waals surface area (Å²) >= 11 is 0. The Balaban J connectivity index is 1.79. The number of aliphatic imine (C=N–C) groups is 1. The molecule has 3 unspecified atom stereocenters. The number of nitrogens with zero attached hydrogens (tertiary/aromatic N) is 1. The molecule has 0 N–H and O–H groups in total. The van der Waals surface area contributed by atoms with Gasteiger partial charge < -0.3 is 4.74 Å². The molecule has 1 aliphatic heterocycles. The minimum Gasteiger partial charge on any atom is -0.466 e. The lowest BCUT2D eigenvalue weighted by Gasteiger charge is -2.47. The maximum atomic E-state index is 6.57. The van der Waals surface area contributed by atoms with Gasteiger partial charge in [0.15, 0.2) is 0 Å². The van der Waals surface area contributed by atoms with Gasteiger partial charge in [-0.25, -0.2) is 4.99 Å².